The lowest BCUT2D eigenvalue weighted by Crippen LogP contribution is -2.35. The second-order valence-corrected chi connectivity index (χ2v) is 5.07. The van der Waals surface area contributed by atoms with Crippen LogP contribution >= 0.6 is 0 Å². The number of hydrogen-bond acceptors (Lipinski definition) is 2. The number of halogens is 1. The molecule has 86 valence electrons. The third kappa shape index (κ3) is 1.74. The highest BCUT2D eigenvalue weighted by Crippen LogP contribution is 2.46. The molecule has 1 aromatic rings. The molecule has 0 radical (unpaired) electrons. The minimum atomic E-state index is -0.587. The molecule has 0 bridgehead atoms. The van der Waals surface area contributed by atoms with E-state index in [2.05, 4.69) is 5.32 Å². The van der Waals surface area contributed by atoms with Crippen LogP contribution < -0.4 is 5.32 Å². The van der Waals surface area contributed by atoms with E-state index in [0.29, 0.717) is 11.1 Å². The summed E-state index contributed by atoms with van der Waals surface area (Å²) in [6, 6.07) is 6.35. The third-order valence-corrected chi connectivity index (χ3v) is 3.85. The van der Waals surface area contributed by atoms with E-state index in [0.717, 1.165) is 12.8 Å². The van der Waals surface area contributed by atoms with Crippen LogP contribution in [-0.4, -0.2) is 16.7 Å². The van der Waals surface area contributed by atoms with Crippen LogP contribution in [0.5, 0.6) is 0 Å². The molecule has 2 aliphatic rings. The van der Waals surface area contributed by atoms with Gasteiger partial charge in [0.05, 0.1) is 6.10 Å². The van der Waals surface area contributed by atoms with Gasteiger partial charge in [-0.3, -0.25) is 0 Å². The molecule has 1 heterocycles. The standard InChI is InChI=1S/C13H16FNO/c14-10-3-1-2-9(8-10)12(16)11-4-5-13(15-11)6-7-13/h1-3,8,11-12,15-16H,4-7H2/t11-,12?/m1/s1. The van der Waals surface area contributed by atoms with E-state index >= 15 is 0 Å². The largest absolute Gasteiger partial charge is 0.387 e. The van der Waals surface area contributed by atoms with Crippen molar-refractivity contribution in [2.24, 2.45) is 0 Å². The van der Waals surface area contributed by atoms with Gasteiger partial charge in [0.1, 0.15) is 5.82 Å². The summed E-state index contributed by atoms with van der Waals surface area (Å²) in [7, 11) is 0. The van der Waals surface area contributed by atoms with Crippen molar-refractivity contribution < 1.29 is 9.50 Å². The van der Waals surface area contributed by atoms with E-state index in [1.165, 1.54) is 25.0 Å². The van der Waals surface area contributed by atoms with Crippen LogP contribution in [0.1, 0.15) is 37.4 Å². The molecule has 1 saturated carbocycles. The first-order valence-electron chi connectivity index (χ1n) is 5.90. The average Bonchev–Trinajstić information content (AvgIpc) is 2.88. The number of rotatable bonds is 2. The molecule has 1 aromatic carbocycles. The van der Waals surface area contributed by atoms with E-state index < -0.39 is 6.10 Å². The van der Waals surface area contributed by atoms with Crippen LogP contribution in [0.4, 0.5) is 4.39 Å². The van der Waals surface area contributed by atoms with Crippen LogP contribution in [0.2, 0.25) is 0 Å². The van der Waals surface area contributed by atoms with Crippen LogP contribution in [0, 0.1) is 5.82 Å². The molecule has 2 atom stereocenters. The Morgan fingerprint density at radius 1 is 1.38 bits per heavy atom. The lowest BCUT2D eigenvalue weighted by Gasteiger charge is -2.20. The summed E-state index contributed by atoms with van der Waals surface area (Å²) in [6.07, 6.45) is 3.98. The van der Waals surface area contributed by atoms with Gasteiger partial charge in [-0.1, -0.05) is 12.1 Å². The van der Waals surface area contributed by atoms with Crippen molar-refractivity contribution >= 4 is 0 Å². The monoisotopic (exact) mass is 221 g/mol. The SMILES string of the molecule is OC(c1cccc(F)c1)[C@H]1CCC2(CC2)N1. The maximum absolute atomic E-state index is 13.0. The number of aliphatic hydroxyl groups excluding tert-OH is 1. The van der Waals surface area contributed by atoms with Gasteiger partial charge in [-0.15, -0.1) is 0 Å². The fourth-order valence-electron chi connectivity index (χ4n) is 2.67. The number of nitrogens with one attached hydrogen (secondary N) is 1. The van der Waals surface area contributed by atoms with Gasteiger partial charge in [0.15, 0.2) is 0 Å². The predicted octanol–water partition coefficient (Wildman–Crippen LogP) is 2.14. The minimum absolute atomic E-state index is 0.0873. The zero-order valence-electron chi connectivity index (χ0n) is 9.12. The summed E-state index contributed by atoms with van der Waals surface area (Å²) in [5.41, 5.74) is 0.995. The molecule has 2 nitrogen and oxygen atoms in total. The van der Waals surface area contributed by atoms with E-state index in [1.54, 1.807) is 12.1 Å². The molecule has 2 N–H and O–H groups in total. The van der Waals surface area contributed by atoms with Crippen LogP contribution in [-0.2, 0) is 0 Å². The number of hydrogen-bond donors (Lipinski definition) is 2. The smallest absolute Gasteiger partial charge is 0.123 e. The Balaban J connectivity index is 1.75. The van der Waals surface area contributed by atoms with Gasteiger partial charge in [-0.2, -0.15) is 0 Å². The van der Waals surface area contributed by atoms with E-state index in [-0.39, 0.29) is 11.9 Å². The van der Waals surface area contributed by atoms with Gasteiger partial charge in [0.2, 0.25) is 0 Å². The summed E-state index contributed by atoms with van der Waals surface area (Å²) >= 11 is 0. The number of benzene rings is 1. The van der Waals surface area contributed by atoms with Crippen molar-refractivity contribution in [3.05, 3.63) is 35.6 Å². The molecule has 0 aromatic heterocycles. The van der Waals surface area contributed by atoms with Gasteiger partial charge in [0, 0.05) is 11.6 Å². The van der Waals surface area contributed by atoms with E-state index in [1.807, 2.05) is 0 Å². The van der Waals surface area contributed by atoms with Crippen molar-refractivity contribution in [2.75, 3.05) is 0 Å². The molecule has 3 rings (SSSR count). The van der Waals surface area contributed by atoms with Crippen molar-refractivity contribution in [3.8, 4) is 0 Å². The van der Waals surface area contributed by atoms with Crippen molar-refractivity contribution in [3.63, 3.8) is 0 Å². The van der Waals surface area contributed by atoms with Crippen LogP contribution in [0.25, 0.3) is 0 Å². The maximum Gasteiger partial charge on any atom is 0.123 e. The summed E-state index contributed by atoms with van der Waals surface area (Å²) in [5.74, 6) is -0.282. The highest BCUT2D eigenvalue weighted by Gasteiger charge is 2.49. The molecule has 2 fully saturated rings. The fraction of sp³-hybridized carbons (Fsp3) is 0.538. The summed E-state index contributed by atoms with van der Waals surface area (Å²) in [5, 5.41) is 13.7. The highest BCUT2D eigenvalue weighted by molar-refractivity contribution is 5.22. The van der Waals surface area contributed by atoms with Crippen molar-refractivity contribution in [1.82, 2.24) is 5.32 Å². The maximum atomic E-state index is 13.0. The van der Waals surface area contributed by atoms with Gasteiger partial charge in [-0.05, 0) is 43.4 Å². The molecule has 1 spiro atoms. The molecule has 0 amide bonds. The lowest BCUT2D eigenvalue weighted by atomic mass is 10.0. The van der Waals surface area contributed by atoms with Gasteiger partial charge < -0.3 is 10.4 Å². The van der Waals surface area contributed by atoms with E-state index in [4.69, 9.17) is 0 Å². The third-order valence-electron chi connectivity index (χ3n) is 3.85. The second kappa shape index (κ2) is 3.54. The van der Waals surface area contributed by atoms with E-state index in [9.17, 15) is 9.50 Å². The molecule has 1 saturated heterocycles. The predicted molar refractivity (Wildman–Crippen MR) is 59.5 cm³/mol. The van der Waals surface area contributed by atoms with Gasteiger partial charge in [0.25, 0.3) is 0 Å². The Bertz CT molecular complexity index is 403. The first-order valence-corrected chi connectivity index (χ1v) is 5.90. The first-order chi connectivity index (χ1) is 7.69. The fourth-order valence-corrected chi connectivity index (χ4v) is 2.67. The first kappa shape index (κ1) is 10.2. The Kier molecular flexibility index (Phi) is 2.26. The minimum Gasteiger partial charge on any atom is -0.387 e. The van der Waals surface area contributed by atoms with Crippen molar-refractivity contribution in [1.29, 1.82) is 0 Å². The normalized spacial score (nSPS) is 28.2. The summed E-state index contributed by atoms with van der Waals surface area (Å²) in [6.45, 7) is 0. The molecule has 3 heteroatoms. The zero-order valence-corrected chi connectivity index (χ0v) is 9.12. The second-order valence-electron chi connectivity index (χ2n) is 5.07. The number of aliphatic hydroxyl groups is 1. The molecular weight excluding hydrogens is 205 g/mol. The molecule has 1 aliphatic carbocycles. The van der Waals surface area contributed by atoms with Crippen LogP contribution in [0.3, 0.4) is 0 Å². The molecule has 1 unspecified atom stereocenters. The molecule has 16 heavy (non-hydrogen) atoms. The van der Waals surface area contributed by atoms with Gasteiger partial charge in [-0.25, -0.2) is 4.39 Å². The molecule has 1 aliphatic heterocycles. The van der Waals surface area contributed by atoms with Crippen molar-refractivity contribution in [2.45, 2.75) is 43.4 Å². The lowest BCUT2D eigenvalue weighted by molar-refractivity contribution is 0.134. The topological polar surface area (TPSA) is 32.3 Å². The average molecular weight is 221 g/mol. The Morgan fingerprint density at radius 2 is 2.19 bits per heavy atom. The Labute approximate surface area is 94.5 Å². The highest BCUT2D eigenvalue weighted by atomic mass is 19.1. The Morgan fingerprint density at radius 3 is 2.81 bits per heavy atom. The quantitative estimate of drug-likeness (QED) is 0.802. The van der Waals surface area contributed by atoms with Crippen LogP contribution in [0.15, 0.2) is 24.3 Å². The Hall–Kier alpha value is -0.930. The summed E-state index contributed by atoms with van der Waals surface area (Å²) < 4.78 is 13.0. The molecular formula is C13H16FNO. The van der Waals surface area contributed by atoms with Gasteiger partial charge >= 0.3 is 0 Å². The summed E-state index contributed by atoms with van der Waals surface area (Å²) in [4.78, 5) is 0. The zero-order chi connectivity index (χ0) is 11.2.